The van der Waals surface area contributed by atoms with E-state index in [1.54, 1.807) is 0 Å². The Hall–Kier alpha value is -0.820. The van der Waals surface area contributed by atoms with Gasteiger partial charge in [0.2, 0.25) is 0 Å². The van der Waals surface area contributed by atoms with Crippen LogP contribution in [0.15, 0.2) is 24.3 Å². The lowest BCUT2D eigenvalue weighted by molar-refractivity contribution is 0.579. The Morgan fingerprint density at radius 1 is 1.36 bits per heavy atom. The molecule has 1 heteroatoms. The van der Waals surface area contributed by atoms with Crippen LogP contribution in [0.1, 0.15) is 23.6 Å². The molecule has 0 N–H and O–H groups in total. The first-order chi connectivity index (χ1) is 5.42. The summed E-state index contributed by atoms with van der Waals surface area (Å²) in [6.07, 6.45) is 2.41. The van der Waals surface area contributed by atoms with Gasteiger partial charge in [-0.3, -0.25) is 0 Å². The maximum Gasteiger partial charge on any atom is 0.0498 e. The van der Waals surface area contributed by atoms with Crippen LogP contribution in [0.4, 0.5) is 0 Å². The molecule has 0 saturated heterocycles. The minimum Gasteiger partial charge on any atom is -0.237 e. The van der Waals surface area contributed by atoms with Gasteiger partial charge in [-0.15, -0.1) is 0 Å². The largest absolute Gasteiger partial charge is 0.237 e. The van der Waals surface area contributed by atoms with Crippen molar-refractivity contribution >= 4 is 0 Å². The molecule has 0 saturated carbocycles. The lowest BCUT2D eigenvalue weighted by Gasteiger charge is -2.06. The van der Waals surface area contributed by atoms with Crippen LogP contribution in [0, 0.1) is 0 Å². The average Bonchev–Trinajstić information content (AvgIpc) is 2.47. The van der Waals surface area contributed by atoms with Crippen LogP contribution in [0.25, 0.3) is 0 Å². The second-order valence-corrected chi connectivity index (χ2v) is 3.01. The topological polar surface area (TPSA) is 14.1 Å². The van der Waals surface area contributed by atoms with Crippen LogP contribution in [0.2, 0.25) is 0 Å². The maximum atomic E-state index is 4.33. The molecule has 0 heterocycles. The van der Waals surface area contributed by atoms with Crippen molar-refractivity contribution in [1.29, 1.82) is 0 Å². The van der Waals surface area contributed by atoms with Crippen LogP contribution < -0.4 is 5.32 Å². The van der Waals surface area contributed by atoms with E-state index < -0.39 is 0 Å². The zero-order valence-corrected chi connectivity index (χ0v) is 6.75. The number of rotatable bonds is 1. The number of hydrogen-bond acceptors (Lipinski definition) is 0. The van der Waals surface area contributed by atoms with E-state index >= 15 is 0 Å². The monoisotopic (exact) mass is 146 g/mol. The summed E-state index contributed by atoms with van der Waals surface area (Å²) in [6, 6.07) is 9.09. The van der Waals surface area contributed by atoms with Gasteiger partial charge >= 0.3 is 0 Å². The van der Waals surface area contributed by atoms with Crippen LogP contribution in [-0.2, 0) is 6.42 Å². The van der Waals surface area contributed by atoms with E-state index in [0.29, 0.717) is 6.04 Å². The summed E-state index contributed by atoms with van der Waals surface area (Å²) in [5.41, 5.74) is 2.93. The van der Waals surface area contributed by atoms with Crippen molar-refractivity contribution in [3.8, 4) is 0 Å². The first-order valence-electron chi connectivity index (χ1n) is 4.08. The van der Waals surface area contributed by atoms with Crippen molar-refractivity contribution in [2.45, 2.75) is 18.9 Å². The van der Waals surface area contributed by atoms with Crippen LogP contribution in [0.3, 0.4) is 0 Å². The zero-order chi connectivity index (χ0) is 7.68. The summed E-state index contributed by atoms with van der Waals surface area (Å²) < 4.78 is 0. The third-order valence-corrected chi connectivity index (χ3v) is 2.41. The quantitative estimate of drug-likeness (QED) is 0.574. The van der Waals surface area contributed by atoms with E-state index in [1.807, 2.05) is 7.05 Å². The second-order valence-electron chi connectivity index (χ2n) is 3.01. The molecule has 1 nitrogen and oxygen atoms in total. The summed E-state index contributed by atoms with van der Waals surface area (Å²) in [6.45, 7) is 0. The Morgan fingerprint density at radius 3 is 3.00 bits per heavy atom. The van der Waals surface area contributed by atoms with Gasteiger partial charge in [-0.1, -0.05) is 24.3 Å². The lowest BCUT2D eigenvalue weighted by Crippen LogP contribution is -2.04. The summed E-state index contributed by atoms with van der Waals surface area (Å²) in [4.78, 5) is 0. The van der Waals surface area contributed by atoms with Crippen molar-refractivity contribution in [3.05, 3.63) is 35.4 Å². The van der Waals surface area contributed by atoms with E-state index in [4.69, 9.17) is 0 Å². The molecule has 0 aliphatic heterocycles. The van der Waals surface area contributed by atoms with E-state index in [2.05, 4.69) is 29.6 Å². The number of fused-ring (bicyclic) bond motifs is 1. The van der Waals surface area contributed by atoms with E-state index in [1.165, 1.54) is 24.0 Å². The Kier molecular flexibility index (Phi) is 1.66. The molecule has 1 aliphatic carbocycles. The Balaban J connectivity index is 2.39. The first-order valence-corrected chi connectivity index (χ1v) is 4.08. The highest BCUT2D eigenvalue weighted by Gasteiger charge is 2.20. The minimum absolute atomic E-state index is 0.478. The van der Waals surface area contributed by atoms with Gasteiger partial charge in [0.25, 0.3) is 0 Å². The highest BCUT2D eigenvalue weighted by molar-refractivity contribution is 5.34. The number of nitrogens with zero attached hydrogens (tertiary/aromatic N) is 1. The van der Waals surface area contributed by atoms with Crippen molar-refractivity contribution < 1.29 is 0 Å². The highest BCUT2D eigenvalue weighted by atomic mass is 14.9. The van der Waals surface area contributed by atoms with Crippen molar-refractivity contribution in [3.63, 3.8) is 0 Å². The van der Waals surface area contributed by atoms with Gasteiger partial charge in [0, 0.05) is 13.1 Å². The Bertz CT molecular complexity index is 255. The SMILES string of the molecule is C[N]C1CCc2ccccc21. The van der Waals surface area contributed by atoms with E-state index in [9.17, 15) is 0 Å². The van der Waals surface area contributed by atoms with Gasteiger partial charge in [0.05, 0.1) is 0 Å². The molecular weight excluding hydrogens is 134 g/mol. The molecular formula is C10H12N. The Labute approximate surface area is 67.4 Å². The Morgan fingerprint density at radius 2 is 2.18 bits per heavy atom. The zero-order valence-electron chi connectivity index (χ0n) is 6.75. The van der Waals surface area contributed by atoms with E-state index in [-0.39, 0.29) is 0 Å². The second kappa shape index (κ2) is 2.67. The standard InChI is InChI=1S/C10H12N/c1-11-10-7-6-8-4-2-3-5-9(8)10/h2-5,10H,6-7H2,1H3. The van der Waals surface area contributed by atoms with Crippen molar-refractivity contribution in [2.24, 2.45) is 0 Å². The fraction of sp³-hybridized carbons (Fsp3) is 0.400. The molecule has 1 aromatic carbocycles. The van der Waals surface area contributed by atoms with Gasteiger partial charge < -0.3 is 0 Å². The first kappa shape index (κ1) is 6.86. The summed E-state index contributed by atoms with van der Waals surface area (Å²) in [5.74, 6) is 0. The minimum atomic E-state index is 0.478. The summed E-state index contributed by atoms with van der Waals surface area (Å²) >= 11 is 0. The smallest absolute Gasteiger partial charge is 0.0498 e. The fourth-order valence-corrected chi connectivity index (χ4v) is 1.80. The van der Waals surface area contributed by atoms with Gasteiger partial charge in [-0.25, -0.2) is 5.32 Å². The van der Waals surface area contributed by atoms with Gasteiger partial charge in [-0.2, -0.15) is 0 Å². The van der Waals surface area contributed by atoms with Crippen LogP contribution >= 0.6 is 0 Å². The number of hydrogen-bond donors (Lipinski definition) is 0. The average molecular weight is 146 g/mol. The van der Waals surface area contributed by atoms with Crippen LogP contribution in [0.5, 0.6) is 0 Å². The van der Waals surface area contributed by atoms with Crippen LogP contribution in [-0.4, -0.2) is 7.05 Å². The maximum absolute atomic E-state index is 4.33. The van der Waals surface area contributed by atoms with Crippen molar-refractivity contribution in [1.82, 2.24) is 5.32 Å². The molecule has 1 atom stereocenters. The molecule has 0 fully saturated rings. The van der Waals surface area contributed by atoms with Gasteiger partial charge in [0.15, 0.2) is 0 Å². The molecule has 57 valence electrons. The molecule has 1 aliphatic rings. The molecule has 2 rings (SSSR count). The third kappa shape index (κ3) is 1.05. The van der Waals surface area contributed by atoms with Crippen molar-refractivity contribution in [2.75, 3.05) is 7.05 Å². The summed E-state index contributed by atoms with van der Waals surface area (Å²) in [7, 11) is 1.91. The summed E-state index contributed by atoms with van der Waals surface area (Å²) in [5, 5.41) is 4.33. The molecule has 0 spiro atoms. The number of benzene rings is 1. The fourth-order valence-electron chi connectivity index (χ4n) is 1.80. The molecule has 0 bridgehead atoms. The van der Waals surface area contributed by atoms with E-state index in [0.717, 1.165) is 0 Å². The highest BCUT2D eigenvalue weighted by Crippen LogP contribution is 2.30. The molecule has 0 aromatic heterocycles. The molecule has 1 unspecified atom stereocenters. The van der Waals surface area contributed by atoms with Gasteiger partial charge in [-0.05, 0) is 24.0 Å². The molecule has 11 heavy (non-hydrogen) atoms. The predicted octanol–water partition coefficient (Wildman–Crippen LogP) is 1.91. The third-order valence-electron chi connectivity index (χ3n) is 2.41. The normalized spacial score (nSPS) is 21.7. The number of aryl methyl sites for hydroxylation is 1. The lowest BCUT2D eigenvalue weighted by atomic mass is 10.1. The predicted molar refractivity (Wildman–Crippen MR) is 45.6 cm³/mol. The van der Waals surface area contributed by atoms with Gasteiger partial charge in [0.1, 0.15) is 0 Å². The molecule has 0 amide bonds. The molecule has 1 aromatic rings. The molecule has 1 radical (unpaired) electrons.